The zero-order chi connectivity index (χ0) is 27.6. The Morgan fingerprint density at radius 1 is 0.949 bits per heavy atom. The van der Waals surface area contributed by atoms with Crippen molar-refractivity contribution in [2.24, 2.45) is 0 Å². The molecule has 39 heavy (non-hydrogen) atoms. The molecule has 3 aromatic carbocycles. The summed E-state index contributed by atoms with van der Waals surface area (Å²) in [6, 6.07) is 22.8. The van der Waals surface area contributed by atoms with Crippen molar-refractivity contribution in [1.82, 2.24) is 9.21 Å². The van der Waals surface area contributed by atoms with Gasteiger partial charge in [0, 0.05) is 25.3 Å². The molecule has 7 nitrogen and oxygen atoms in total. The Hall–Kier alpha value is -3.20. The minimum absolute atomic E-state index is 0.0391. The zero-order valence-corrected chi connectivity index (χ0v) is 23.6. The number of hydrogen-bond acceptors (Lipinski definition) is 5. The summed E-state index contributed by atoms with van der Waals surface area (Å²) in [5.74, 6) is 0.433. The standard InChI is InChI=1S/C31H36N2O5S/c1-22-14-15-23(2)27(17-22)31(34)32-19-29(37-3)30(20-32)38-26-12-7-9-24(18-26)21-39(35,36)33-16-8-13-28(33)25-10-5-4-6-11-25/h4-7,9-12,14-15,17-18,28-30H,8,13,16,19-21H2,1-3H3/t28?,29-,30-/m1/s1. The highest BCUT2D eigenvalue weighted by atomic mass is 32.2. The number of methoxy groups -OCH3 is 1. The van der Waals surface area contributed by atoms with E-state index in [-0.39, 0.29) is 29.9 Å². The number of benzene rings is 3. The summed E-state index contributed by atoms with van der Waals surface area (Å²) in [6.07, 6.45) is 1.02. The number of ether oxygens (including phenoxy) is 2. The largest absolute Gasteiger partial charge is 0.486 e. The molecule has 8 heteroatoms. The third-order valence-electron chi connectivity index (χ3n) is 7.71. The summed E-state index contributed by atoms with van der Waals surface area (Å²) in [7, 11) is -1.91. The lowest BCUT2D eigenvalue weighted by molar-refractivity contribution is 0.0339. The lowest BCUT2D eigenvalue weighted by Gasteiger charge is -2.24. The van der Waals surface area contributed by atoms with Crippen molar-refractivity contribution in [3.63, 3.8) is 0 Å². The van der Waals surface area contributed by atoms with Crippen LogP contribution in [-0.2, 0) is 20.5 Å². The molecule has 2 aliphatic rings. The molecule has 3 atom stereocenters. The second-order valence-electron chi connectivity index (χ2n) is 10.5. The van der Waals surface area contributed by atoms with Gasteiger partial charge in [-0.3, -0.25) is 4.79 Å². The maximum atomic E-state index is 13.5. The van der Waals surface area contributed by atoms with E-state index < -0.39 is 10.0 Å². The first-order valence-electron chi connectivity index (χ1n) is 13.4. The van der Waals surface area contributed by atoms with Gasteiger partial charge in [0.25, 0.3) is 5.91 Å². The Balaban J connectivity index is 1.28. The fourth-order valence-corrected chi connectivity index (χ4v) is 7.43. The fourth-order valence-electron chi connectivity index (χ4n) is 5.64. The summed E-state index contributed by atoms with van der Waals surface area (Å²) in [5, 5.41) is 0. The number of amides is 1. The first kappa shape index (κ1) is 27.4. The molecule has 0 spiro atoms. The van der Waals surface area contributed by atoms with Crippen LogP contribution in [0.25, 0.3) is 0 Å². The van der Waals surface area contributed by atoms with E-state index in [0.29, 0.717) is 36.5 Å². The topological polar surface area (TPSA) is 76.1 Å². The van der Waals surface area contributed by atoms with Crippen molar-refractivity contribution in [1.29, 1.82) is 0 Å². The van der Waals surface area contributed by atoms with Crippen LogP contribution in [0, 0.1) is 13.8 Å². The number of likely N-dealkylation sites (tertiary alicyclic amines) is 1. The smallest absolute Gasteiger partial charge is 0.254 e. The molecular weight excluding hydrogens is 512 g/mol. The summed E-state index contributed by atoms with van der Waals surface area (Å²) < 4.78 is 40.5. The Morgan fingerprint density at radius 2 is 1.72 bits per heavy atom. The van der Waals surface area contributed by atoms with E-state index in [0.717, 1.165) is 29.5 Å². The minimum Gasteiger partial charge on any atom is -0.486 e. The number of carbonyl (C=O) groups excluding carboxylic acids is 1. The van der Waals surface area contributed by atoms with Gasteiger partial charge < -0.3 is 14.4 Å². The minimum atomic E-state index is -3.53. The van der Waals surface area contributed by atoms with Gasteiger partial charge >= 0.3 is 0 Å². The lowest BCUT2D eigenvalue weighted by Crippen LogP contribution is -2.32. The van der Waals surface area contributed by atoms with Gasteiger partial charge in [-0.2, -0.15) is 4.31 Å². The zero-order valence-electron chi connectivity index (χ0n) is 22.7. The number of rotatable bonds is 8. The predicted molar refractivity (Wildman–Crippen MR) is 151 cm³/mol. The van der Waals surface area contributed by atoms with Crippen LogP contribution in [0.4, 0.5) is 0 Å². The molecular formula is C31H36N2O5S. The van der Waals surface area contributed by atoms with E-state index in [1.54, 1.807) is 22.4 Å². The van der Waals surface area contributed by atoms with Crippen molar-refractivity contribution >= 4 is 15.9 Å². The van der Waals surface area contributed by atoms with Crippen LogP contribution in [0.15, 0.2) is 72.8 Å². The van der Waals surface area contributed by atoms with Gasteiger partial charge in [-0.15, -0.1) is 0 Å². The van der Waals surface area contributed by atoms with Crippen LogP contribution in [-0.4, -0.2) is 62.5 Å². The molecule has 206 valence electrons. The Morgan fingerprint density at radius 3 is 2.49 bits per heavy atom. The summed E-state index contributed by atoms with van der Waals surface area (Å²) in [5.41, 5.74) is 4.36. The van der Waals surface area contributed by atoms with Gasteiger partial charge in [0.2, 0.25) is 10.0 Å². The van der Waals surface area contributed by atoms with E-state index in [4.69, 9.17) is 9.47 Å². The van der Waals surface area contributed by atoms with E-state index in [2.05, 4.69) is 0 Å². The molecule has 0 radical (unpaired) electrons. The Labute approximate surface area is 231 Å². The van der Waals surface area contributed by atoms with E-state index in [1.165, 1.54) is 0 Å². The monoisotopic (exact) mass is 548 g/mol. The van der Waals surface area contributed by atoms with Gasteiger partial charge in [-0.05, 0) is 61.6 Å². The molecule has 2 heterocycles. The molecule has 0 N–H and O–H groups in total. The van der Waals surface area contributed by atoms with Crippen LogP contribution in [0.5, 0.6) is 5.75 Å². The molecule has 0 aromatic heterocycles. The number of carbonyl (C=O) groups is 1. The molecule has 2 saturated heterocycles. The normalized spacial score (nSPS) is 21.8. The van der Waals surface area contributed by atoms with Gasteiger partial charge in [-0.25, -0.2) is 8.42 Å². The fraction of sp³-hybridized carbons (Fsp3) is 0.387. The molecule has 2 fully saturated rings. The number of sulfonamides is 1. The molecule has 1 unspecified atom stereocenters. The van der Waals surface area contributed by atoms with Crippen molar-refractivity contribution in [3.05, 3.63) is 101 Å². The van der Waals surface area contributed by atoms with Gasteiger partial charge in [0.1, 0.15) is 18.0 Å². The van der Waals surface area contributed by atoms with Gasteiger partial charge in [-0.1, -0.05) is 60.2 Å². The third kappa shape index (κ3) is 6.03. The molecule has 1 amide bonds. The van der Waals surface area contributed by atoms with Crippen molar-refractivity contribution in [2.45, 2.75) is 50.7 Å². The predicted octanol–water partition coefficient (Wildman–Crippen LogP) is 4.89. The average molecular weight is 549 g/mol. The van der Waals surface area contributed by atoms with Crippen LogP contribution in [0.1, 0.15) is 51.5 Å². The lowest BCUT2D eigenvalue weighted by atomic mass is 10.0. The Kier molecular flexibility index (Phi) is 8.07. The van der Waals surface area contributed by atoms with Crippen molar-refractivity contribution in [3.8, 4) is 5.75 Å². The van der Waals surface area contributed by atoms with E-state index >= 15 is 0 Å². The molecule has 0 aliphatic carbocycles. The average Bonchev–Trinajstić information content (AvgIpc) is 3.58. The summed E-state index contributed by atoms with van der Waals surface area (Å²) in [6.45, 7) is 5.26. The molecule has 5 rings (SSSR count). The molecule has 2 aliphatic heterocycles. The van der Waals surface area contributed by atoms with Crippen LogP contribution in [0.2, 0.25) is 0 Å². The maximum Gasteiger partial charge on any atom is 0.254 e. The second kappa shape index (κ2) is 11.5. The summed E-state index contributed by atoms with van der Waals surface area (Å²) >= 11 is 0. The molecule has 0 bridgehead atoms. The van der Waals surface area contributed by atoms with Crippen LogP contribution in [0.3, 0.4) is 0 Å². The molecule has 3 aromatic rings. The van der Waals surface area contributed by atoms with Gasteiger partial charge in [0.05, 0.1) is 18.8 Å². The SMILES string of the molecule is CO[C@@H]1CN(C(=O)c2cc(C)ccc2C)C[C@H]1Oc1cccc(CS(=O)(=O)N2CCCC2c2ccccc2)c1. The first-order valence-corrected chi connectivity index (χ1v) is 15.1. The Bertz CT molecular complexity index is 1430. The van der Waals surface area contributed by atoms with Crippen molar-refractivity contribution < 1.29 is 22.7 Å². The maximum absolute atomic E-state index is 13.5. The number of hydrogen-bond donors (Lipinski definition) is 0. The second-order valence-corrected chi connectivity index (χ2v) is 12.5. The quantitative estimate of drug-likeness (QED) is 0.401. The van der Waals surface area contributed by atoms with E-state index in [9.17, 15) is 13.2 Å². The third-order valence-corrected chi connectivity index (χ3v) is 9.56. The summed E-state index contributed by atoms with van der Waals surface area (Å²) in [4.78, 5) is 15.1. The number of nitrogens with zero attached hydrogens (tertiary/aromatic N) is 2. The van der Waals surface area contributed by atoms with Crippen LogP contribution >= 0.6 is 0 Å². The van der Waals surface area contributed by atoms with Crippen LogP contribution < -0.4 is 4.74 Å². The van der Waals surface area contributed by atoms with E-state index in [1.807, 2.05) is 80.6 Å². The first-order chi connectivity index (χ1) is 18.7. The highest BCUT2D eigenvalue weighted by Crippen LogP contribution is 2.35. The molecule has 0 saturated carbocycles. The number of aryl methyl sites for hydroxylation is 2. The van der Waals surface area contributed by atoms with Crippen molar-refractivity contribution in [2.75, 3.05) is 26.7 Å². The van der Waals surface area contributed by atoms with Gasteiger partial charge in [0.15, 0.2) is 0 Å². The highest BCUT2D eigenvalue weighted by Gasteiger charge is 2.38. The highest BCUT2D eigenvalue weighted by molar-refractivity contribution is 7.88.